The van der Waals surface area contributed by atoms with E-state index in [4.69, 9.17) is 15.0 Å². The van der Waals surface area contributed by atoms with Gasteiger partial charge in [0.1, 0.15) is 0 Å². The molecule has 7 aromatic heterocycles. The molecule has 5 aromatic carbocycles. The summed E-state index contributed by atoms with van der Waals surface area (Å²) in [6, 6.07) is 51.9. The molecule has 0 radical (unpaired) electrons. The Labute approximate surface area is 355 Å². The van der Waals surface area contributed by atoms with Gasteiger partial charge in [-0.05, 0) is 48.5 Å². The molecule has 0 aliphatic heterocycles. The van der Waals surface area contributed by atoms with Gasteiger partial charge < -0.3 is 9.13 Å². The van der Waals surface area contributed by atoms with E-state index in [1.54, 1.807) is 12.4 Å². The number of fused-ring (bicyclic) bond motifs is 6. The van der Waals surface area contributed by atoms with Crippen LogP contribution in [0, 0.1) is 0 Å². The van der Waals surface area contributed by atoms with Crippen LogP contribution in [0.2, 0.25) is 0 Å². The summed E-state index contributed by atoms with van der Waals surface area (Å²) in [6.07, 6.45) is 15.0. The molecule has 9 nitrogen and oxygen atoms in total. The van der Waals surface area contributed by atoms with Gasteiger partial charge in [0.05, 0.1) is 45.8 Å². The van der Waals surface area contributed by atoms with E-state index in [2.05, 4.69) is 138 Å². The molecule has 0 unspecified atom stereocenters. The van der Waals surface area contributed by atoms with Crippen LogP contribution < -0.4 is 0 Å². The van der Waals surface area contributed by atoms with Gasteiger partial charge in [0.15, 0.2) is 17.5 Å². The van der Waals surface area contributed by atoms with Crippen LogP contribution in [0.15, 0.2) is 201 Å². The molecule has 62 heavy (non-hydrogen) atoms. The van der Waals surface area contributed by atoms with Crippen LogP contribution in [0.25, 0.3) is 111 Å². The largest absolute Gasteiger partial charge is 0.306 e. The number of aromatic nitrogens is 9. The molecule has 0 amide bonds. The highest BCUT2D eigenvalue weighted by molar-refractivity contribution is 6.11. The minimum absolute atomic E-state index is 0.519. The topological polar surface area (TPSA) is 100 Å². The van der Waals surface area contributed by atoms with Crippen LogP contribution in [-0.2, 0) is 0 Å². The lowest BCUT2D eigenvalue weighted by molar-refractivity contribution is 1.06. The first kappa shape index (κ1) is 35.3. The zero-order valence-corrected chi connectivity index (χ0v) is 33.1. The monoisotopic (exact) mass is 795 g/mol. The minimum Gasteiger partial charge on any atom is -0.306 e. The van der Waals surface area contributed by atoms with Gasteiger partial charge in [-0.25, -0.2) is 15.0 Å². The average molecular weight is 796 g/mol. The molecule has 9 heteroatoms. The molecule has 7 heterocycles. The molecule has 0 fully saturated rings. The highest BCUT2D eigenvalue weighted by Gasteiger charge is 2.25. The maximum atomic E-state index is 5.52. The molecule has 12 rings (SSSR count). The third-order valence-electron chi connectivity index (χ3n) is 11.6. The second-order valence-electron chi connectivity index (χ2n) is 15.0. The molecule has 12 aromatic rings. The SMILES string of the molecule is c1ccc(-c2nc(-c3cccc(-c4cccnc4)c3-n3c4ccccc4c4ccncc43)nc(-c3cccc(-c4cccnc4)c3-n3c4ccccc4c4ccncc43)n2)cc1. The first-order chi connectivity index (χ1) is 30.8. The predicted octanol–water partition coefficient (Wildman–Crippen LogP) is 12.0. The Morgan fingerprint density at radius 2 is 0.694 bits per heavy atom. The molecule has 0 aliphatic rings. The lowest BCUT2D eigenvalue weighted by Gasteiger charge is -2.20. The number of nitrogens with zero attached hydrogens (tertiary/aromatic N) is 9. The van der Waals surface area contributed by atoms with Gasteiger partial charge in [-0.1, -0.05) is 103 Å². The zero-order chi connectivity index (χ0) is 41.0. The standard InChI is InChI=1S/C53H33N9/c1-2-12-34(13-3-1)51-58-52(43-20-8-18-37(35-14-10-26-54-30-35)49(43)61-45-22-6-4-16-39(45)41-24-28-56-32-47(41)61)60-53(59-51)44-21-9-19-38(36-15-11-27-55-31-36)50(44)62-46-23-7-5-17-40(46)42-25-29-57-33-48(42)62/h1-33H. The van der Waals surface area contributed by atoms with E-state index in [1.807, 2.05) is 79.6 Å². The van der Waals surface area contributed by atoms with E-state index >= 15 is 0 Å². The van der Waals surface area contributed by atoms with Gasteiger partial charge in [0, 0.05) is 97.7 Å². The van der Waals surface area contributed by atoms with Crippen LogP contribution in [0.3, 0.4) is 0 Å². The second-order valence-corrected chi connectivity index (χ2v) is 15.0. The lowest BCUT2D eigenvalue weighted by Crippen LogP contribution is -2.07. The number of hydrogen-bond donors (Lipinski definition) is 0. The van der Waals surface area contributed by atoms with Crippen molar-refractivity contribution in [2.24, 2.45) is 0 Å². The fraction of sp³-hybridized carbons (Fsp3) is 0. The Hall–Kier alpha value is -8.69. The first-order valence-electron chi connectivity index (χ1n) is 20.4. The van der Waals surface area contributed by atoms with Gasteiger partial charge in [0.25, 0.3) is 0 Å². The minimum atomic E-state index is 0.519. The van der Waals surface area contributed by atoms with Crippen molar-refractivity contribution in [3.8, 4) is 67.8 Å². The predicted molar refractivity (Wildman–Crippen MR) is 247 cm³/mol. The molecule has 0 N–H and O–H groups in total. The van der Waals surface area contributed by atoms with Gasteiger partial charge >= 0.3 is 0 Å². The average Bonchev–Trinajstić information content (AvgIpc) is 3.87. The Morgan fingerprint density at radius 1 is 0.274 bits per heavy atom. The quantitative estimate of drug-likeness (QED) is 0.158. The van der Waals surface area contributed by atoms with Crippen molar-refractivity contribution >= 4 is 43.6 Å². The number of rotatable bonds is 7. The summed E-state index contributed by atoms with van der Waals surface area (Å²) >= 11 is 0. The van der Waals surface area contributed by atoms with E-state index in [0.717, 1.165) is 93.9 Å². The second kappa shape index (κ2) is 14.5. The smallest absolute Gasteiger partial charge is 0.166 e. The summed E-state index contributed by atoms with van der Waals surface area (Å²) in [4.78, 5) is 34.6. The van der Waals surface area contributed by atoms with Crippen LogP contribution in [0.1, 0.15) is 0 Å². The summed E-state index contributed by atoms with van der Waals surface area (Å²) in [5, 5.41) is 4.44. The lowest BCUT2D eigenvalue weighted by atomic mass is 9.99. The van der Waals surface area contributed by atoms with Crippen molar-refractivity contribution in [2.45, 2.75) is 0 Å². The van der Waals surface area contributed by atoms with Crippen LogP contribution in [-0.4, -0.2) is 44.0 Å². The van der Waals surface area contributed by atoms with Crippen molar-refractivity contribution in [3.63, 3.8) is 0 Å². The highest BCUT2D eigenvalue weighted by atomic mass is 15.1. The molecule has 0 spiro atoms. The van der Waals surface area contributed by atoms with Crippen molar-refractivity contribution in [1.82, 2.24) is 44.0 Å². The van der Waals surface area contributed by atoms with Crippen LogP contribution in [0.4, 0.5) is 0 Å². The van der Waals surface area contributed by atoms with E-state index in [1.165, 1.54) is 0 Å². The van der Waals surface area contributed by atoms with Crippen LogP contribution >= 0.6 is 0 Å². The van der Waals surface area contributed by atoms with Crippen LogP contribution in [0.5, 0.6) is 0 Å². The number of pyridine rings is 4. The summed E-state index contributed by atoms with van der Waals surface area (Å²) in [7, 11) is 0. The molecular weight excluding hydrogens is 763 g/mol. The highest BCUT2D eigenvalue weighted by Crippen LogP contribution is 2.43. The summed E-state index contributed by atoms with van der Waals surface area (Å²) in [5.74, 6) is 1.59. The summed E-state index contributed by atoms with van der Waals surface area (Å²) < 4.78 is 4.58. The van der Waals surface area contributed by atoms with Gasteiger partial charge in [0.2, 0.25) is 0 Å². The molecule has 0 saturated heterocycles. The molecule has 0 aliphatic carbocycles. The normalized spacial score (nSPS) is 11.5. The van der Waals surface area contributed by atoms with E-state index < -0.39 is 0 Å². The molecule has 290 valence electrons. The fourth-order valence-electron chi connectivity index (χ4n) is 8.89. The Bertz CT molecular complexity index is 3310. The van der Waals surface area contributed by atoms with Crippen molar-refractivity contribution < 1.29 is 0 Å². The number of benzene rings is 5. The molecule has 0 bridgehead atoms. The summed E-state index contributed by atoms with van der Waals surface area (Å²) in [6.45, 7) is 0. The van der Waals surface area contributed by atoms with Crippen molar-refractivity contribution in [1.29, 1.82) is 0 Å². The molecule has 0 saturated carbocycles. The van der Waals surface area contributed by atoms with E-state index in [9.17, 15) is 0 Å². The fourth-order valence-corrected chi connectivity index (χ4v) is 8.89. The van der Waals surface area contributed by atoms with Gasteiger partial charge in [-0.15, -0.1) is 0 Å². The number of para-hydroxylation sites is 4. The third kappa shape index (κ3) is 5.67. The molecule has 0 atom stereocenters. The maximum Gasteiger partial charge on any atom is 0.166 e. The third-order valence-corrected chi connectivity index (χ3v) is 11.6. The van der Waals surface area contributed by atoms with Crippen molar-refractivity contribution in [2.75, 3.05) is 0 Å². The Balaban J connectivity index is 1.21. The van der Waals surface area contributed by atoms with Gasteiger partial charge in [-0.2, -0.15) is 0 Å². The Morgan fingerprint density at radius 3 is 1.19 bits per heavy atom. The zero-order valence-electron chi connectivity index (χ0n) is 33.1. The van der Waals surface area contributed by atoms with E-state index in [0.29, 0.717) is 17.5 Å². The molecular formula is C53H33N9. The maximum absolute atomic E-state index is 5.52. The number of hydrogen-bond acceptors (Lipinski definition) is 7. The first-order valence-corrected chi connectivity index (χ1v) is 20.4. The summed E-state index contributed by atoms with van der Waals surface area (Å²) in [5.41, 5.74) is 12.2. The van der Waals surface area contributed by atoms with E-state index in [-0.39, 0.29) is 0 Å². The van der Waals surface area contributed by atoms with Gasteiger partial charge in [-0.3, -0.25) is 19.9 Å². The Kier molecular flexibility index (Phi) is 8.27. The van der Waals surface area contributed by atoms with Crippen molar-refractivity contribution in [3.05, 3.63) is 201 Å².